The van der Waals surface area contributed by atoms with Gasteiger partial charge in [-0.05, 0) is 26.2 Å². The highest BCUT2D eigenvalue weighted by Gasteiger charge is 2.09. The Morgan fingerprint density at radius 2 is 1.79 bits per heavy atom. The van der Waals surface area contributed by atoms with Crippen LogP contribution in [-0.2, 0) is 6.42 Å². The van der Waals surface area contributed by atoms with Crippen LogP contribution in [0.4, 0.5) is 11.6 Å². The van der Waals surface area contributed by atoms with Crippen LogP contribution in [0.15, 0.2) is 6.07 Å². The zero-order valence-electron chi connectivity index (χ0n) is 13.0. The summed E-state index contributed by atoms with van der Waals surface area (Å²) in [6, 6.07) is 2.43. The van der Waals surface area contributed by atoms with Crippen molar-refractivity contribution in [2.24, 2.45) is 5.92 Å². The topological polar surface area (TPSA) is 49.8 Å². The average Bonchev–Trinajstić information content (AvgIpc) is 2.38. The number of rotatable bonds is 8. The molecule has 2 atom stereocenters. The minimum Gasteiger partial charge on any atom is -0.370 e. The predicted octanol–water partition coefficient (Wildman–Crippen LogP) is 3.71. The van der Waals surface area contributed by atoms with Gasteiger partial charge in [0.2, 0.25) is 0 Å². The molecule has 19 heavy (non-hydrogen) atoms. The molecule has 0 aromatic carbocycles. The van der Waals surface area contributed by atoms with E-state index < -0.39 is 0 Å². The van der Waals surface area contributed by atoms with E-state index in [4.69, 9.17) is 0 Å². The van der Waals surface area contributed by atoms with Gasteiger partial charge in [-0.25, -0.2) is 9.97 Å². The molecule has 2 N–H and O–H groups in total. The van der Waals surface area contributed by atoms with Gasteiger partial charge >= 0.3 is 0 Å². The van der Waals surface area contributed by atoms with Crippen molar-refractivity contribution in [3.05, 3.63) is 11.9 Å². The van der Waals surface area contributed by atoms with Gasteiger partial charge < -0.3 is 10.6 Å². The van der Waals surface area contributed by atoms with Gasteiger partial charge in [-0.15, -0.1) is 0 Å². The van der Waals surface area contributed by atoms with Crippen LogP contribution >= 0.6 is 0 Å². The van der Waals surface area contributed by atoms with Crippen LogP contribution in [-0.4, -0.2) is 22.6 Å². The number of hydrogen-bond acceptors (Lipinski definition) is 4. The van der Waals surface area contributed by atoms with E-state index in [1.165, 1.54) is 12.8 Å². The summed E-state index contributed by atoms with van der Waals surface area (Å²) >= 11 is 0. The van der Waals surface area contributed by atoms with Crippen LogP contribution in [0.2, 0.25) is 0 Å². The van der Waals surface area contributed by atoms with Crippen molar-refractivity contribution in [3.63, 3.8) is 0 Å². The number of nitrogens with zero attached hydrogens (tertiary/aromatic N) is 2. The lowest BCUT2D eigenvalue weighted by Crippen LogP contribution is -2.19. The Morgan fingerprint density at radius 3 is 2.37 bits per heavy atom. The summed E-state index contributed by atoms with van der Waals surface area (Å²) in [5, 5.41) is 6.75. The first-order valence-electron chi connectivity index (χ1n) is 7.47. The predicted molar refractivity (Wildman–Crippen MR) is 82.7 cm³/mol. The van der Waals surface area contributed by atoms with Gasteiger partial charge in [0.05, 0.1) is 0 Å². The molecular formula is C15H28N4. The van der Waals surface area contributed by atoms with Crippen LogP contribution in [0.1, 0.15) is 53.3 Å². The quantitative estimate of drug-likeness (QED) is 0.751. The number of aryl methyl sites for hydroxylation is 1. The second-order valence-electron chi connectivity index (χ2n) is 5.23. The Labute approximate surface area is 117 Å². The first-order chi connectivity index (χ1) is 9.08. The molecular weight excluding hydrogens is 236 g/mol. The monoisotopic (exact) mass is 264 g/mol. The third-order valence-electron chi connectivity index (χ3n) is 3.29. The van der Waals surface area contributed by atoms with Gasteiger partial charge in [-0.1, -0.05) is 27.2 Å². The highest BCUT2D eigenvalue weighted by molar-refractivity contribution is 5.48. The van der Waals surface area contributed by atoms with E-state index in [0.29, 0.717) is 6.04 Å². The molecule has 0 spiro atoms. The molecule has 0 saturated carbocycles. The summed E-state index contributed by atoms with van der Waals surface area (Å²) in [5.74, 6) is 3.46. The van der Waals surface area contributed by atoms with Crippen LogP contribution < -0.4 is 10.6 Å². The molecule has 2 unspecified atom stereocenters. The zero-order chi connectivity index (χ0) is 14.3. The van der Waals surface area contributed by atoms with Gasteiger partial charge in [0.1, 0.15) is 17.5 Å². The highest BCUT2D eigenvalue weighted by Crippen LogP contribution is 2.16. The summed E-state index contributed by atoms with van der Waals surface area (Å²) in [6.45, 7) is 11.8. The smallest absolute Gasteiger partial charge is 0.132 e. The summed E-state index contributed by atoms with van der Waals surface area (Å²) in [6.07, 6.45) is 3.24. The normalized spacial score (nSPS) is 13.9. The Kier molecular flexibility index (Phi) is 6.60. The molecule has 1 rings (SSSR count). The van der Waals surface area contributed by atoms with E-state index in [0.717, 1.165) is 36.3 Å². The van der Waals surface area contributed by atoms with Crippen LogP contribution in [0.5, 0.6) is 0 Å². The lowest BCUT2D eigenvalue weighted by molar-refractivity contribution is 0.483. The number of nitrogens with one attached hydrogen (secondary N) is 2. The van der Waals surface area contributed by atoms with Crippen molar-refractivity contribution in [1.82, 2.24) is 9.97 Å². The minimum absolute atomic E-state index is 0.434. The van der Waals surface area contributed by atoms with E-state index in [1.54, 1.807) is 0 Å². The molecule has 0 radical (unpaired) electrons. The van der Waals surface area contributed by atoms with Crippen molar-refractivity contribution < 1.29 is 0 Å². The number of anilines is 2. The summed E-state index contributed by atoms with van der Waals surface area (Å²) in [5.41, 5.74) is 0. The van der Waals surface area contributed by atoms with Crippen molar-refractivity contribution in [2.45, 2.75) is 59.9 Å². The van der Waals surface area contributed by atoms with Crippen molar-refractivity contribution in [2.75, 3.05) is 17.2 Å². The fourth-order valence-electron chi connectivity index (χ4n) is 2.08. The molecule has 0 aliphatic rings. The maximum atomic E-state index is 4.55. The Hall–Kier alpha value is -1.32. The molecule has 108 valence electrons. The maximum absolute atomic E-state index is 4.55. The molecule has 1 heterocycles. The van der Waals surface area contributed by atoms with E-state index >= 15 is 0 Å². The first kappa shape index (κ1) is 15.7. The van der Waals surface area contributed by atoms with Gasteiger partial charge in [0.15, 0.2) is 0 Å². The molecule has 4 nitrogen and oxygen atoms in total. The first-order valence-corrected chi connectivity index (χ1v) is 7.47. The van der Waals surface area contributed by atoms with Crippen LogP contribution in [0.3, 0.4) is 0 Å². The lowest BCUT2D eigenvalue weighted by atomic mass is 10.0. The van der Waals surface area contributed by atoms with Gasteiger partial charge in [-0.2, -0.15) is 0 Å². The largest absolute Gasteiger partial charge is 0.370 e. The standard InChI is InChI=1S/C15H28N4/c1-6-11(4)9-12(5)17-15-10-14(16-8-3)18-13(7-2)19-15/h10-12H,6-9H2,1-5H3,(H2,16,17,18,19). The SMILES string of the molecule is CCNc1cc(NC(C)CC(C)CC)nc(CC)n1. The number of hydrogen-bond donors (Lipinski definition) is 2. The van der Waals surface area contributed by atoms with Crippen molar-refractivity contribution in [3.8, 4) is 0 Å². The van der Waals surface area contributed by atoms with Gasteiger partial charge in [-0.3, -0.25) is 0 Å². The Bertz CT molecular complexity index is 378. The average molecular weight is 264 g/mol. The van der Waals surface area contributed by atoms with Gasteiger partial charge in [0, 0.05) is 25.1 Å². The fourth-order valence-corrected chi connectivity index (χ4v) is 2.08. The maximum Gasteiger partial charge on any atom is 0.132 e. The highest BCUT2D eigenvalue weighted by atomic mass is 15.1. The van der Waals surface area contributed by atoms with Gasteiger partial charge in [0.25, 0.3) is 0 Å². The third-order valence-corrected chi connectivity index (χ3v) is 3.29. The van der Waals surface area contributed by atoms with E-state index in [2.05, 4.69) is 55.2 Å². The van der Waals surface area contributed by atoms with Crippen molar-refractivity contribution in [1.29, 1.82) is 0 Å². The second kappa shape index (κ2) is 7.97. The minimum atomic E-state index is 0.434. The lowest BCUT2D eigenvalue weighted by Gasteiger charge is -2.19. The third kappa shape index (κ3) is 5.45. The molecule has 0 fully saturated rings. The summed E-state index contributed by atoms with van der Waals surface area (Å²) < 4.78 is 0. The molecule has 1 aromatic rings. The molecule has 0 saturated heterocycles. The van der Waals surface area contributed by atoms with Crippen molar-refractivity contribution >= 4 is 11.6 Å². The fraction of sp³-hybridized carbons (Fsp3) is 0.733. The molecule has 0 bridgehead atoms. The molecule has 0 amide bonds. The van der Waals surface area contributed by atoms with E-state index in [-0.39, 0.29) is 0 Å². The summed E-state index contributed by atoms with van der Waals surface area (Å²) in [7, 11) is 0. The molecule has 0 aliphatic heterocycles. The second-order valence-corrected chi connectivity index (χ2v) is 5.23. The summed E-state index contributed by atoms with van der Waals surface area (Å²) in [4.78, 5) is 9.01. The van der Waals surface area contributed by atoms with E-state index in [9.17, 15) is 0 Å². The zero-order valence-corrected chi connectivity index (χ0v) is 13.0. The van der Waals surface area contributed by atoms with Crippen LogP contribution in [0, 0.1) is 5.92 Å². The molecule has 1 aromatic heterocycles. The van der Waals surface area contributed by atoms with E-state index in [1.807, 2.05) is 6.07 Å². The molecule has 0 aliphatic carbocycles. The Morgan fingerprint density at radius 1 is 1.11 bits per heavy atom. The molecule has 4 heteroatoms. The Balaban J connectivity index is 2.73. The number of aromatic nitrogens is 2. The van der Waals surface area contributed by atoms with Crippen LogP contribution in [0.25, 0.3) is 0 Å².